The summed E-state index contributed by atoms with van der Waals surface area (Å²) in [6.45, 7) is 2.32. The van der Waals surface area contributed by atoms with Crippen molar-refractivity contribution in [1.82, 2.24) is 5.32 Å². The largest absolute Gasteiger partial charge is 0.496 e. The minimum absolute atomic E-state index is 0.0455. The molecule has 9 heteroatoms. The summed E-state index contributed by atoms with van der Waals surface area (Å²) in [6, 6.07) is 10.7. The van der Waals surface area contributed by atoms with E-state index in [4.69, 9.17) is 4.74 Å². The average Bonchev–Trinajstić information content (AvgIpc) is 2.62. The number of carbonyl (C=O) groups excluding carboxylic acids is 1. The summed E-state index contributed by atoms with van der Waals surface area (Å²) in [5.74, 6) is 1.35. The molecule has 0 fully saturated rings. The molecule has 0 bridgehead atoms. The van der Waals surface area contributed by atoms with Crippen molar-refractivity contribution in [1.29, 1.82) is 0 Å². The van der Waals surface area contributed by atoms with Crippen LogP contribution in [0.5, 0.6) is 5.75 Å². The molecule has 0 aromatic heterocycles. The van der Waals surface area contributed by atoms with Gasteiger partial charge in [0, 0.05) is 17.9 Å². The second kappa shape index (κ2) is 9.52. The van der Waals surface area contributed by atoms with Crippen molar-refractivity contribution in [2.45, 2.75) is 18.2 Å². The standard InChI is InChI=1S/C18H23N3O4S2/c1-13-11-15(7-8-17(13)25-2)21-27(23,24)16-6-3-5-14(12-16)20-18(22)19-9-4-10-26/h3,5-8,11-12,21,26H,4,9-10H2,1-2H3,(H2,19,20,22). The molecule has 2 amide bonds. The third-order valence-electron chi connectivity index (χ3n) is 3.67. The lowest BCUT2D eigenvalue weighted by Crippen LogP contribution is -2.29. The number of carbonyl (C=O) groups is 1. The Morgan fingerprint density at radius 3 is 2.59 bits per heavy atom. The van der Waals surface area contributed by atoms with Gasteiger partial charge in [-0.15, -0.1) is 0 Å². The molecule has 2 aromatic carbocycles. The molecule has 27 heavy (non-hydrogen) atoms. The smallest absolute Gasteiger partial charge is 0.319 e. The van der Waals surface area contributed by atoms with Crippen LogP contribution >= 0.6 is 12.6 Å². The first-order valence-corrected chi connectivity index (χ1v) is 10.4. The van der Waals surface area contributed by atoms with Gasteiger partial charge in [0.05, 0.1) is 12.0 Å². The first kappa shape index (κ1) is 20.9. The van der Waals surface area contributed by atoms with E-state index in [1.54, 1.807) is 37.4 Å². The van der Waals surface area contributed by atoms with Gasteiger partial charge >= 0.3 is 6.03 Å². The van der Waals surface area contributed by atoms with Crippen molar-refractivity contribution >= 4 is 40.1 Å². The summed E-state index contributed by atoms with van der Waals surface area (Å²) >= 11 is 4.07. The van der Waals surface area contributed by atoms with Crippen LogP contribution in [0.1, 0.15) is 12.0 Å². The molecule has 0 heterocycles. The number of methoxy groups -OCH3 is 1. The van der Waals surface area contributed by atoms with Crippen LogP contribution in [0.4, 0.5) is 16.2 Å². The Bertz CT molecular complexity index is 901. The molecule has 3 N–H and O–H groups in total. The molecule has 0 spiro atoms. The van der Waals surface area contributed by atoms with Crippen molar-refractivity contribution in [3.8, 4) is 5.75 Å². The number of amides is 2. The third-order valence-corrected chi connectivity index (χ3v) is 5.36. The average molecular weight is 410 g/mol. The van der Waals surface area contributed by atoms with Gasteiger partial charge in [0.15, 0.2) is 0 Å². The number of sulfonamides is 1. The van der Waals surface area contributed by atoms with Crippen LogP contribution in [-0.4, -0.2) is 33.9 Å². The maximum atomic E-state index is 12.6. The first-order chi connectivity index (χ1) is 12.9. The Labute approximate surface area is 165 Å². The Hall–Kier alpha value is -2.39. The van der Waals surface area contributed by atoms with Crippen LogP contribution in [0.15, 0.2) is 47.4 Å². The Morgan fingerprint density at radius 2 is 1.93 bits per heavy atom. The molecule has 0 saturated carbocycles. The fourth-order valence-electron chi connectivity index (χ4n) is 2.35. The molecule has 0 aliphatic rings. The number of hydrogen-bond acceptors (Lipinski definition) is 5. The monoisotopic (exact) mass is 409 g/mol. The number of thiol groups is 1. The number of nitrogens with one attached hydrogen (secondary N) is 3. The summed E-state index contributed by atoms with van der Waals surface area (Å²) in [7, 11) is -2.25. The molecular weight excluding hydrogens is 386 g/mol. The van der Waals surface area contributed by atoms with E-state index in [9.17, 15) is 13.2 Å². The summed E-state index contributed by atoms with van der Waals surface area (Å²) < 4.78 is 33.0. The van der Waals surface area contributed by atoms with Gasteiger partial charge in [0.2, 0.25) is 0 Å². The molecular formula is C18H23N3O4S2. The summed E-state index contributed by atoms with van der Waals surface area (Å²) in [5, 5.41) is 5.29. The van der Waals surface area contributed by atoms with Crippen LogP contribution in [0.2, 0.25) is 0 Å². The van der Waals surface area contributed by atoms with Gasteiger partial charge in [0.1, 0.15) is 5.75 Å². The zero-order valence-electron chi connectivity index (χ0n) is 15.2. The predicted octanol–water partition coefficient (Wildman–Crippen LogP) is 3.25. The summed E-state index contributed by atoms with van der Waals surface area (Å²) in [5.41, 5.74) is 1.62. The topological polar surface area (TPSA) is 96.5 Å². The minimum atomic E-state index is -3.80. The zero-order chi connectivity index (χ0) is 19.9. The van der Waals surface area contributed by atoms with Gasteiger partial charge in [-0.05, 0) is 61.1 Å². The zero-order valence-corrected chi connectivity index (χ0v) is 16.9. The molecule has 146 valence electrons. The molecule has 2 rings (SSSR count). The van der Waals surface area contributed by atoms with Crippen molar-refractivity contribution < 1.29 is 17.9 Å². The number of hydrogen-bond donors (Lipinski definition) is 4. The van der Waals surface area contributed by atoms with E-state index in [-0.39, 0.29) is 4.90 Å². The van der Waals surface area contributed by atoms with Gasteiger partial charge in [-0.25, -0.2) is 13.2 Å². The molecule has 0 saturated heterocycles. The van der Waals surface area contributed by atoms with Crippen LogP contribution in [0, 0.1) is 6.92 Å². The first-order valence-electron chi connectivity index (χ1n) is 8.29. The fraction of sp³-hybridized carbons (Fsp3) is 0.278. The molecule has 0 atom stereocenters. The number of benzene rings is 2. The highest BCUT2D eigenvalue weighted by molar-refractivity contribution is 7.92. The molecule has 2 aromatic rings. The van der Waals surface area contributed by atoms with Gasteiger partial charge in [-0.2, -0.15) is 12.6 Å². The lowest BCUT2D eigenvalue weighted by molar-refractivity contribution is 0.252. The van der Waals surface area contributed by atoms with Crippen LogP contribution in [0.3, 0.4) is 0 Å². The fourth-order valence-corrected chi connectivity index (χ4v) is 3.61. The molecule has 0 radical (unpaired) electrons. The normalized spacial score (nSPS) is 10.9. The second-order valence-corrected chi connectivity index (χ2v) is 7.91. The maximum absolute atomic E-state index is 12.6. The number of anilines is 2. The Kier molecular flexibility index (Phi) is 7.37. The van der Waals surface area contributed by atoms with Gasteiger partial charge in [0.25, 0.3) is 10.0 Å². The van der Waals surface area contributed by atoms with Gasteiger partial charge in [-0.3, -0.25) is 4.72 Å². The van der Waals surface area contributed by atoms with E-state index in [1.807, 2.05) is 6.92 Å². The third kappa shape index (κ3) is 6.07. The Balaban J connectivity index is 2.12. The highest BCUT2D eigenvalue weighted by Crippen LogP contribution is 2.24. The second-order valence-electron chi connectivity index (χ2n) is 5.78. The number of rotatable bonds is 8. The quantitative estimate of drug-likeness (QED) is 0.397. The van der Waals surface area contributed by atoms with Crippen LogP contribution in [-0.2, 0) is 10.0 Å². The summed E-state index contributed by atoms with van der Waals surface area (Å²) in [6.07, 6.45) is 0.746. The minimum Gasteiger partial charge on any atom is -0.496 e. The van der Waals surface area contributed by atoms with Crippen molar-refractivity contribution in [2.24, 2.45) is 0 Å². The molecule has 7 nitrogen and oxygen atoms in total. The SMILES string of the molecule is COc1ccc(NS(=O)(=O)c2cccc(NC(=O)NCCCS)c2)cc1C. The number of aryl methyl sites for hydroxylation is 1. The molecule has 0 aliphatic carbocycles. The van der Waals surface area contributed by atoms with E-state index < -0.39 is 16.1 Å². The highest BCUT2D eigenvalue weighted by Gasteiger charge is 2.16. The van der Waals surface area contributed by atoms with Crippen molar-refractivity contribution in [2.75, 3.05) is 29.4 Å². The number of ether oxygens (including phenoxy) is 1. The van der Waals surface area contributed by atoms with E-state index >= 15 is 0 Å². The van der Waals surface area contributed by atoms with E-state index in [0.29, 0.717) is 29.4 Å². The van der Waals surface area contributed by atoms with E-state index in [0.717, 1.165) is 12.0 Å². The van der Waals surface area contributed by atoms with Gasteiger partial charge < -0.3 is 15.4 Å². The lowest BCUT2D eigenvalue weighted by Gasteiger charge is -2.12. The van der Waals surface area contributed by atoms with Crippen molar-refractivity contribution in [3.63, 3.8) is 0 Å². The predicted molar refractivity (Wildman–Crippen MR) is 110 cm³/mol. The molecule has 0 unspecified atom stereocenters. The number of urea groups is 1. The van der Waals surface area contributed by atoms with Gasteiger partial charge in [-0.1, -0.05) is 6.07 Å². The molecule has 0 aliphatic heterocycles. The lowest BCUT2D eigenvalue weighted by atomic mass is 10.2. The van der Waals surface area contributed by atoms with E-state index in [2.05, 4.69) is 28.0 Å². The Morgan fingerprint density at radius 1 is 1.15 bits per heavy atom. The summed E-state index contributed by atoms with van der Waals surface area (Å²) in [4.78, 5) is 11.9. The highest BCUT2D eigenvalue weighted by atomic mass is 32.2. The maximum Gasteiger partial charge on any atom is 0.319 e. The van der Waals surface area contributed by atoms with Crippen molar-refractivity contribution in [3.05, 3.63) is 48.0 Å². The van der Waals surface area contributed by atoms with E-state index in [1.165, 1.54) is 12.1 Å². The van der Waals surface area contributed by atoms with Crippen LogP contribution in [0.25, 0.3) is 0 Å². The van der Waals surface area contributed by atoms with Crippen LogP contribution < -0.4 is 20.1 Å².